The van der Waals surface area contributed by atoms with Crippen LogP contribution in [0.25, 0.3) is 11.3 Å². The van der Waals surface area contributed by atoms with Gasteiger partial charge in [-0.2, -0.15) is 0 Å². The highest BCUT2D eigenvalue weighted by Gasteiger charge is 2.13. The molecule has 22 heavy (non-hydrogen) atoms. The maximum Gasteiger partial charge on any atom is 0.228 e. The predicted octanol–water partition coefficient (Wildman–Crippen LogP) is 2.63. The number of ether oxygens (including phenoxy) is 1. The molecule has 4 N–H and O–H groups in total. The molecule has 0 aliphatic heterocycles. The Morgan fingerprint density at radius 2 is 1.82 bits per heavy atom. The number of nitrogens with zero attached hydrogens (tertiary/aromatic N) is 3. The second-order valence-electron chi connectivity index (χ2n) is 4.42. The number of hydrogen-bond donors (Lipinski definition) is 2. The van der Waals surface area contributed by atoms with Crippen LogP contribution in [0.15, 0.2) is 48.8 Å². The molecule has 0 atom stereocenters. The number of nitrogen functional groups attached to an aromatic ring is 2. The van der Waals surface area contributed by atoms with E-state index in [1.165, 1.54) is 24.5 Å². The number of benzene rings is 1. The molecule has 0 unspecified atom stereocenters. The van der Waals surface area contributed by atoms with Crippen LogP contribution in [0.5, 0.6) is 11.6 Å². The summed E-state index contributed by atoms with van der Waals surface area (Å²) in [5.74, 6) is -0.323. The molecule has 2 heterocycles. The van der Waals surface area contributed by atoms with E-state index in [0.717, 1.165) is 0 Å². The smallest absolute Gasteiger partial charge is 0.228 e. The Morgan fingerprint density at radius 1 is 0.955 bits per heavy atom. The third kappa shape index (κ3) is 2.64. The molecule has 2 aromatic heterocycles. The second-order valence-corrected chi connectivity index (χ2v) is 4.42. The second kappa shape index (κ2) is 5.65. The molecule has 3 rings (SSSR count). The lowest BCUT2D eigenvalue weighted by molar-refractivity contribution is 0.430. The van der Waals surface area contributed by atoms with Crippen LogP contribution in [-0.4, -0.2) is 15.0 Å². The first-order chi connectivity index (χ1) is 10.6. The Hall–Kier alpha value is -3.22. The molecule has 1 aromatic carbocycles. The zero-order valence-electron chi connectivity index (χ0n) is 11.4. The first kappa shape index (κ1) is 13.7. The highest BCUT2D eigenvalue weighted by atomic mass is 19.1. The summed E-state index contributed by atoms with van der Waals surface area (Å²) in [6.07, 6.45) is 3.06. The molecule has 0 saturated carbocycles. The molecule has 0 fully saturated rings. The van der Waals surface area contributed by atoms with Crippen LogP contribution in [-0.2, 0) is 0 Å². The van der Waals surface area contributed by atoms with Crippen LogP contribution < -0.4 is 16.2 Å². The molecule has 6 nitrogen and oxygen atoms in total. The molecule has 0 saturated heterocycles. The highest BCUT2D eigenvalue weighted by Crippen LogP contribution is 2.32. The van der Waals surface area contributed by atoms with Gasteiger partial charge in [0.25, 0.3) is 0 Å². The van der Waals surface area contributed by atoms with Gasteiger partial charge in [-0.3, -0.25) is 0 Å². The van der Waals surface area contributed by atoms with Crippen LogP contribution in [0.3, 0.4) is 0 Å². The van der Waals surface area contributed by atoms with Gasteiger partial charge in [-0.15, -0.1) is 0 Å². The van der Waals surface area contributed by atoms with Gasteiger partial charge < -0.3 is 16.2 Å². The lowest BCUT2D eigenvalue weighted by Crippen LogP contribution is -1.99. The molecule has 0 spiro atoms. The average molecular weight is 297 g/mol. The van der Waals surface area contributed by atoms with Gasteiger partial charge in [-0.1, -0.05) is 6.07 Å². The Labute approximate surface area is 125 Å². The van der Waals surface area contributed by atoms with Crippen LogP contribution in [0.2, 0.25) is 0 Å². The van der Waals surface area contributed by atoms with E-state index >= 15 is 0 Å². The summed E-state index contributed by atoms with van der Waals surface area (Å²) in [7, 11) is 0. The van der Waals surface area contributed by atoms with Crippen molar-refractivity contribution < 1.29 is 9.13 Å². The summed E-state index contributed by atoms with van der Waals surface area (Å²) in [5, 5.41) is 0. The summed E-state index contributed by atoms with van der Waals surface area (Å²) in [5.41, 5.74) is 12.2. The van der Waals surface area contributed by atoms with Gasteiger partial charge in [0, 0.05) is 12.4 Å². The molecular formula is C15H12FN5O. The monoisotopic (exact) mass is 297 g/mol. The highest BCUT2D eigenvalue weighted by molar-refractivity contribution is 5.66. The van der Waals surface area contributed by atoms with Gasteiger partial charge in [-0.25, -0.2) is 19.3 Å². The first-order valence-corrected chi connectivity index (χ1v) is 6.41. The van der Waals surface area contributed by atoms with Gasteiger partial charge in [-0.05, 0) is 30.3 Å². The van der Waals surface area contributed by atoms with Gasteiger partial charge in [0.1, 0.15) is 0 Å². The molecule has 0 radical (unpaired) electrons. The van der Waals surface area contributed by atoms with E-state index in [0.29, 0.717) is 11.3 Å². The van der Waals surface area contributed by atoms with E-state index in [1.807, 2.05) is 0 Å². The molecule has 3 aromatic rings. The largest absolute Gasteiger partial charge is 0.435 e. The van der Waals surface area contributed by atoms with E-state index in [9.17, 15) is 4.39 Å². The number of aromatic nitrogens is 3. The van der Waals surface area contributed by atoms with Gasteiger partial charge in [0.15, 0.2) is 11.6 Å². The number of halogens is 1. The van der Waals surface area contributed by atoms with Crippen LogP contribution >= 0.6 is 0 Å². The van der Waals surface area contributed by atoms with Gasteiger partial charge in [0.2, 0.25) is 11.8 Å². The van der Waals surface area contributed by atoms with Crippen molar-refractivity contribution in [1.29, 1.82) is 0 Å². The average Bonchev–Trinajstić information content (AvgIpc) is 2.52. The maximum atomic E-state index is 14.0. The minimum atomic E-state index is -0.638. The maximum absolute atomic E-state index is 14.0. The fraction of sp³-hybridized carbons (Fsp3) is 0. The summed E-state index contributed by atoms with van der Waals surface area (Å²) >= 11 is 0. The zero-order chi connectivity index (χ0) is 15.5. The summed E-state index contributed by atoms with van der Waals surface area (Å²) in [6.45, 7) is 0. The number of anilines is 2. The summed E-state index contributed by atoms with van der Waals surface area (Å²) in [6, 6.07) is 9.64. The molecule has 7 heteroatoms. The Balaban J connectivity index is 2.04. The summed E-state index contributed by atoms with van der Waals surface area (Å²) in [4.78, 5) is 12.1. The van der Waals surface area contributed by atoms with Gasteiger partial charge >= 0.3 is 0 Å². The van der Waals surface area contributed by atoms with E-state index in [4.69, 9.17) is 16.2 Å². The molecular weight excluding hydrogens is 285 g/mol. The van der Waals surface area contributed by atoms with Crippen molar-refractivity contribution in [1.82, 2.24) is 15.0 Å². The zero-order valence-corrected chi connectivity index (χ0v) is 11.4. The third-order valence-electron chi connectivity index (χ3n) is 2.92. The van der Waals surface area contributed by atoms with Crippen molar-refractivity contribution in [2.45, 2.75) is 0 Å². The fourth-order valence-corrected chi connectivity index (χ4v) is 1.90. The van der Waals surface area contributed by atoms with E-state index < -0.39 is 5.82 Å². The first-order valence-electron chi connectivity index (χ1n) is 6.41. The molecule has 0 aliphatic rings. The van der Waals surface area contributed by atoms with Crippen molar-refractivity contribution in [2.24, 2.45) is 0 Å². The van der Waals surface area contributed by atoms with Crippen LogP contribution in [0.1, 0.15) is 0 Å². The lowest BCUT2D eigenvalue weighted by Gasteiger charge is -2.10. The Morgan fingerprint density at radius 3 is 2.64 bits per heavy atom. The Kier molecular flexibility index (Phi) is 3.53. The van der Waals surface area contributed by atoms with Crippen molar-refractivity contribution in [3.8, 4) is 22.9 Å². The predicted molar refractivity (Wildman–Crippen MR) is 80.6 cm³/mol. The topological polar surface area (TPSA) is 99.9 Å². The van der Waals surface area contributed by atoms with Crippen molar-refractivity contribution >= 4 is 11.6 Å². The minimum absolute atomic E-state index is 0.00117. The van der Waals surface area contributed by atoms with Gasteiger partial charge in [0.05, 0.1) is 16.9 Å². The van der Waals surface area contributed by atoms with E-state index in [-0.39, 0.29) is 23.3 Å². The number of nitrogens with two attached hydrogens (primary N) is 2. The quantitative estimate of drug-likeness (QED) is 0.721. The molecule has 0 bridgehead atoms. The van der Waals surface area contributed by atoms with Crippen molar-refractivity contribution in [3.05, 3.63) is 54.6 Å². The standard InChI is InChI=1S/C15H12FN5O/c16-13-10(17)4-1-5-12(13)22-14-9(3-2-7-19-14)11-6-8-20-15(18)21-11/h1-8H,17H2,(H2,18,20,21). The molecule has 110 valence electrons. The third-order valence-corrected chi connectivity index (χ3v) is 2.92. The molecule has 0 amide bonds. The minimum Gasteiger partial charge on any atom is -0.435 e. The normalized spacial score (nSPS) is 10.4. The van der Waals surface area contributed by atoms with Crippen molar-refractivity contribution in [3.63, 3.8) is 0 Å². The number of hydrogen-bond acceptors (Lipinski definition) is 6. The van der Waals surface area contributed by atoms with E-state index in [2.05, 4.69) is 15.0 Å². The summed E-state index contributed by atoms with van der Waals surface area (Å²) < 4.78 is 19.5. The SMILES string of the molecule is Nc1nccc(-c2cccnc2Oc2cccc(N)c2F)n1. The van der Waals surface area contributed by atoms with Crippen LogP contribution in [0.4, 0.5) is 16.0 Å². The van der Waals surface area contributed by atoms with Crippen LogP contribution in [0, 0.1) is 5.82 Å². The molecule has 0 aliphatic carbocycles. The lowest BCUT2D eigenvalue weighted by atomic mass is 10.2. The number of pyridine rings is 1. The van der Waals surface area contributed by atoms with E-state index in [1.54, 1.807) is 24.3 Å². The number of rotatable bonds is 3. The van der Waals surface area contributed by atoms with Crippen molar-refractivity contribution in [2.75, 3.05) is 11.5 Å². The Bertz CT molecular complexity index is 825. The fourth-order valence-electron chi connectivity index (χ4n) is 1.90.